The summed E-state index contributed by atoms with van der Waals surface area (Å²) in [7, 11) is 0. The minimum absolute atomic E-state index is 0.112. The Labute approximate surface area is 128 Å². The van der Waals surface area contributed by atoms with Crippen LogP contribution in [-0.4, -0.2) is 36.1 Å². The number of likely N-dealkylation sites (tertiary alicyclic amines) is 1. The number of morpholine rings is 1. The lowest BCUT2D eigenvalue weighted by atomic mass is 10.2. The number of amides is 1. The van der Waals surface area contributed by atoms with Crippen molar-refractivity contribution in [1.29, 1.82) is 0 Å². The van der Waals surface area contributed by atoms with Crippen LogP contribution in [0.1, 0.15) is 23.2 Å². The summed E-state index contributed by atoms with van der Waals surface area (Å²) in [4.78, 5) is 14.5. The third kappa shape index (κ3) is 2.44. The summed E-state index contributed by atoms with van der Waals surface area (Å²) in [6, 6.07) is 5.86. The number of carbonyl (C=O) groups excluding carboxylic acids is 1. The molecule has 0 saturated carbocycles. The summed E-state index contributed by atoms with van der Waals surface area (Å²) in [5, 5.41) is 0. The minimum atomic E-state index is 0.112. The van der Waals surface area contributed by atoms with Crippen LogP contribution in [0.15, 0.2) is 22.7 Å². The summed E-state index contributed by atoms with van der Waals surface area (Å²) in [5.41, 5.74) is 0.753. The first-order valence-corrected chi connectivity index (χ1v) is 7.90. The van der Waals surface area contributed by atoms with Gasteiger partial charge in [0.15, 0.2) is 0 Å². The molecule has 1 aromatic rings. The highest BCUT2D eigenvalue weighted by molar-refractivity contribution is 14.1. The van der Waals surface area contributed by atoms with Gasteiger partial charge in [0, 0.05) is 21.1 Å². The monoisotopic (exact) mass is 421 g/mol. The molecule has 0 radical (unpaired) electrons. The second-order valence-electron chi connectivity index (χ2n) is 4.79. The number of ether oxygens (including phenoxy) is 1. The molecule has 3 nitrogen and oxygen atoms in total. The first-order valence-electron chi connectivity index (χ1n) is 6.03. The first-order chi connectivity index (χ1) is 8.63. The van der Waals surface area contributed by atoms with Crippen LogP contribution in [0, 0.1) is 3.57 Å². The molecule has 1 amide bonds. The molecule has 0 aliphatic carbocycles. The van der Waals surface area contributed by atoms with Gasteiger partial charge in [-0.2, -0.15) is 0 Å². The van der Waals surface area contributed by atoms with E-state index in [2.05, 4.69) is 38.5 Å². The van der Waals surface area contributed by atoms with Crippen molar-refractivity contribution >= 4 is 44.4 Å². The minimum Gasteiger partial charge on any atom is -0.371 e. The standard InChI is InChI=1S/C13H13BrINO2/c14-12-4-1-8(15)5-11(12)13(17)16-6-9-2-3-10(7-16)18-9/h1,4-5,9-10H,2-3,6-7H2. The van der Waals surface area contributed by atoms with Gasteiger partial charge in [0.25, 0.3) is 5.91 Å². The fourth-order valence-corrected chi connectivity index (χ4v) is 3.52. The lowest BCUT2D eigenvalue weighted by molar-refractivity contribution is -0.0303. The fraction of sp³-hybridized carbons (Fsp3) is 0.462. The van der Waals surface area contributed by atoms with E-state index in [9.17, 15) is 4.79 Å². The normalized spacial score (nSPS) is 26.4. The average molecular weight is 422 g/mol. The van der Waals surface area contributed by atoms with Crippen LogP contribution in [0.4, 0.5) is 0 Å². The number of halogens is 2. The zero-order valence-corrected chi connectivity index (χ0v) is 13.5. The van der Waals surface area contributed by atoms with Gasteiger partial charge in [-0.05, 0) is 69.6 Å². The lowest BCUT2D eigenvalue weighted by Gasteiger charge is -2.32. The SMILES string of the molecule is O=C(c1cc(I)ccc1Br)N1CC2CCC(C1)O2. The van der Waals surface area contributed by atoms with Gasteiger partial charge >= 0.3 is 0 Å². The van der Waals surface area contributed by atoms with Crippen molar-refractivity contribution in [2.24, 2.45) is 0 Å². The maximum atomic E-state index is 12.5. The van der Waals surface area contributed by atoms with E-state index in [4.69, 9.17) is 4.74 Å². The van der Waals surface area contributed by atoms with Crippen molar-refractivity contribution in [3.63, 3.8) is 0 Å². The maximum Gasteiger partial charge on any atom is 0.255 e. The summed E-state index contributed by atoms with van der Waals surface area (Å²) in [6.45, 7) is 1.46. The molecule has 1 aromatic carbocycles. The fourth-order valence-electron chi connectivity index (χ4n) is 2.61. The smallest absolute Gasteiger partial charge is 0.255 e. The summed E-state index contributed by atoms with van der Waals surface area (Å²) >= 11 is 5.69. The van der Waals surface area contributed by atoms with E-state index in [1.54, 1.807) is 0 Å². The van der Waals surface area contributed by atoms with E-state index in [1.165, 1.54) is 0 Å². The van der Waals surface area contributed by atoms with Crippen molar-refractivity contribution in [1.82, 2.24) is 4.90 Å². The molecule has 2 fully saturated rings. The van der Waals surface area contributed by atoms with Gasteiger partial charge in [-0.1, -0.05) is 0 Å². The molecule has 2 atom stereocenters. The molecular weight excluding hydrogens is 409 g/mol. The Morgan fingerprint density at radius 2 is 2.00 bits per heavy atom. The first kappa shape index (κ1) is 12.9. The Balaban J connectivity index is 1.84. The number of benzene rings is 1. The topological polar surface area (TPSA) is 29.5 Å². The van der Waals surface area contributed by atoms with Crippen LogP contribution in [-0.2, 0) is 4.74 Å². The van der Waals surface area contributed by atoms with Gasteiger partial charge in [0.05, 0.1) is 17.8 Å². The Hall–Kier alpha value is -0.140. The Morgan fingerprint density at radius 3 is 2.67 bits per heavy atom. The van der Waals surface area contributed by atoms with E-state index in [0.29, 0.717) is 0 Å². The molecule has 96 valence electrons. The number of carbonyl (C=O) groups is 1. The molecule has 5 heteroatoms. The predicted molar refractivity (Wildman–Crippen MR) is 80.7 cm³/mol. The predicted octanol–water partition coefficient (Wildman–Crippen LogP) is 3.06. The van der Waals surface area contributed by atoms with Crippen molar-refractivity contribution < 1.29 is 9.53 Å². The molecule has 2 bridgehead atoms. The number of nitrogens with zero attached hydrogens (tertiary/aromatic N) is 1. The van der Waals surface area contributed by atoms with Crippen LogP contribution in [0.25, 0.3) is 0 Å². The molecule has 2 aliphatic heterocycles. The van der Waals surface area contributed by atoms with E-state index in [0.717, 1.165) is 39.5 Å². The second kappa shape index (κ2) is 5.09. The van der Waals surface area contributed by atoms with Crippen molar-refractivity contribution in [3.8, 4) is 0 Å². The van der Waals surface area contributed by atoms with Crippen molar-refractivity contribution in [3.05, 3.63) is 31.8 Å². The average Bonchev–Trinajstić information content (AvgIpc) is 2.70. The van der Waals surface area contributed by atoms with Gasteiger partial charge in [0.1, 0.15) is 0 Å². The molecule has 2 unspecified atom stereocenters. The highest BCUT2D eigenvalue weighted by Gasteiger charge is 2.36. The van der Waals surface area contributed by atoms with Crippen LogP contribution >= 0.6 is 38.5 Å². The van der Waals surface area contributed by atoms with Gasteiger partial charge in [-0.15, -0.1) is 0 Å². The molecule has 18 heavy (non-hydrogen) atoms. The highest BCUT2D eigenvalue weighted by Crippen LogP contribution is 2.28. The molecule has 0 aromatic heterocycles. The number of rotatable bonds is 1. The Morgan fingerprint density at radius 1 is 1.33 bits per heavy atom. The van der Waals surface area contributed by atoms with E-state index < -0.39 is 0 Å². The summed E-state index contributed by atoms with van der Waals surface area (Å²) < 4.78 is 7.71. The third-order valence-corrected chi connectivity index (χ3v) is 4.85. The van der Waals surface area contributed by atoms with Crippen LogP contribution in [0.5, 0.6) is 0 Å². The van der Waals surface area contributed by atoms with Gasteiger partial charge in [0.2, 0.25) is 0 Å². The Kier molecular flexibility index (Phi) is 3.64. The van der Waals surface area contributed by atoms with E-state index in [1.807, 2.05) is 23.1 Å². The molecule has 0 spiro atoms. The summed E-state index contributed by atoms with van der Waals surface area (Å²) in [5.74, 6) is 0.112. The van der Waals surface area contributed by atoms with Crippen molar-refractivity contribution in [2.75, 3.05) is 13.1 Å². The molecule has 0 N–H and O–H groups in total. The number of hydrogen-bond donors (Lipinski definition) is 0. The number of fused-ring (bicyclic) bond motifs is 2. The molecule has 2 saturated heterocycles. The number of hydrogen-bond acceptors (Lipinski definition) is 2. The van der Waals surface area contributed by atoms with Crippen LogP contribution in [0.3, 0.4) is 0 Å². The van der Waals surface area contributed by atoms with Crippen LogP contribution in [0.2, 0.25) is 0 Å². The lowest BCUT2D eigenvalue weighted by Crippen LogP contribution is -2.45. The maximum absolute atomic E-state index is 12.5. The molecule has 3 rings (SSSR count). The second-order valence-corrected chi connectivity index (χ2v) is 6.89. The highest BCUT2D eigenvalue weighted by atomic mass is 127. The largest absolute Gasteiger partial charge is 0.371 e. The van der Waals surface area contributed by atoms with Gasteiger partial charge < -0.3 is 9.64 Å². The van der Waals surface area contributed by atoms with Gasteiger partial charge in [-0.3, -0.25) is 4.79 Å². The molecule has 2 aliphatic rings. The van der Waals surface area contributed by atoms with Gasteiger partial charge in [-0.25, -0.2) is 0 Å². The molecule has 2 heterocycles. The molecular formula is C13H13BrINO2. The van der Waals surface area contributed by atoms with Crippen molar-refractivity contribution in [2.45, 2.75) is 25.0 Å². The summed E-state index contributed by atoms with van der Waals surface area (Å²) in [6.07, 6.45) is 2.66. The van der Waals surface area contributed by atoms with E-state index >= 15 is 0 Å². The quantitative estimate of drug-likeness (QED) is 0.652. The van der Waals surface area contributed by atoms with Crippen LogP contribution < -0.4 is 0 Å². The van der Waals surface area contributed by atoms with E-state index in [-0.39, 0.29) is 18.1 Å². The Bertz CT molecular complexity index is 482. The third-order valence-electron chi connectivity index (χ3n) is 3.49. The zero-order valence-electron chi connectivity index (χ0n) is 9.73. The zero-order chi connectivity index (χ0) is 12.7.